The average Bonchev–Trinajstić information content (AvgIpc) is 3.30. The molecule has 1 aliphatic rings. The topological polar surface area (TPSA) is 137 Å². The van der Waals surface area contributed by atoms with Crippen LogP contribution in [-0.2, 0) is 21.9 Å². The van der Waals surface area contributed by atoms with E-state index in [1.165, 1.54) is 21.1 Å². The van der Waals surface area contributed by atoms with Gasteiger partial charge in [0, 0.05) is 32.3 Å². The summed E-state index contributed by atoms with van der Waals surface area (Å²) < 4.78 is 33.3. The van der Waals surface area contributed by atoms with E-state index in [0.717, 1.165) is 18.9 Å². The summed E-state index contributed by atoms with van der Waals surface area (Å²) in [4.78, 5) is 22.6. The van der Waals surface area contributed by atoms with Crippen molar-refractivity contribution in [1.29, 1.82) is 0 Å². The van der Waals surface area contributed by atoms with Crippen LogP contribution < -0.4 is 10.1 Å². The molecule has 1 saturated heterocycles. The van der Waals surface area contributed by atoms with Gasteiger partial charge in [0.2, 0.25) is 10.0 Å². The van der Waals surface area contributed by atoms with E-state index in [9.17, 15) is 23.3 Å². The summed E-state index contributed by atoms with van der Waals surface area (Å²) in [7, 11) is -2.14. The van der Waals surface area contributed by atoms with Crippen LogP contribution in [0.25, 0.3) is 0 Å². The number of aryl methyl sites for hydroxylation is 2. The van der Waals surface area contributed by atoms with Crippen LogP contribution in [-0.4, -0.2) is 53.0 Å². The Labute approximate surface area is 167 Å². The van der Waals surface area contributed by atoms with Gasteiger partial charge in [-0.15, -0.1) is 0 Å². The van der Waals surface area contributed by atoms with Gasteiger partial charge in [-0.3, -0.25) is 19.6 Å². The maximum absolute atomic E-state index is 12.6. The van der Waals surface area contributed by atoms with Gasteiger partial charge in [0.1, 0.15) is 5.82 Å². The first kappa shape index (κ1) is 20.7. The molecule has 0 atom stereocenters. The number of hydrogen-bond donors (Lipinski definition) is 1. The second kappa shape index (κ2) is 8.17. The number of sulfonamides is 1. The molecule has 0 saturated carbocycles. The number of nitrogens with one attached hydrogen (secondary N) is 1. The van der Waals surface area contributed by atoms with Gasteiger partial charge in [0.15, 0.2) is 12.4 Å². The third kappa shape index (κ3) is 4.54. The number of nitro benzene ring substituents is 1. The summed E-state index contributed by atoms with van der Waals surface area (Å²) in [6.45, 7) is 2.07. The predicted octanol–water partition coefficient (Wildman–Crippen LogP) is 1.44. The molecule has 1 aromatic carbocycles. The summed E-state index contributed by atoms with van der Waals surface area (Å²) >= 11 is 0. The fourth-order valence-corrected chi connectivity index (χ4v) is 4.59. The van der Waals surface area contributed by atoms with E-state index in [4.69, 9.17) is 4.74 Å². The molecule has 29 heavy (non-hydrogen) atoms. The molecule has 0 aliphatic carbocycles. The minimum absolute atomic E-state index is 0.173. The van der Waals surface area contributed by atoms with Crippen LogP contribution in [0.1, 0.15) is 18.5 Å². The summed E-state index contributed by atoms with van der Waals surface area (Å²) in [5.41, 5.74) is 0.198. The number of amides is 1. The lowest BCUT2D eigenvalue weighted by Crippen LogP contribution is -2.28. The molecule has 1 fully saturated rings. The average molecular weight is 423 g/mol. The highest BCUT2D eigenvalue weighted by atomic mass is 32.2. The minimum atomic E-state index is -3.80. The number of benzene rings is 1. The van der Waals surface area contributed by atoms with Crippen LogP contribution in [0.2, 0.25) is 0 Å². The lowest BCUT2D eigenvalue weighted by atomic mass is 10.3. The fourth-order valence-electron chi connectivity index (χ4n) is 3.05. The second-order valence-corrected chi connectivity index (χ2v) is 8.57. The highest BCUT2D eigenvalue weighted by Crippen LogP contribution is 2.31. The zero-order valence-corrected chi connectivity index (χ0v) is 16.8. The lowest BCUT2D eigenvalue weighted by Gasteiger charge is -2.16. The third-order valence-electron chi connectivity index (χ3n) is 4.46. The van der Waals surface area contributed by atoms with Crippen LogP contribution in [0.4, 0.5) is 11.5 Å². The number of aromatic nitrogens is 2. The smallest absolute Gasteiger partial charge is 0.312 e. The Balaban J connectivity index is 1.74. The van der Waals surface area contributed by atoms with Gasteiger partial charge >= 0.3 is 5.69 Å². The Kier molecular flexibility index (Phi) is 5.84. The van der Waals surface area contributed by atoms with E-state index in [1.807, 2.05) is 0 Å². The Morgan fingerprint density at radius 3 is 2.59 bits per heavy atom. The molecule has 0 bridgehead atoms. The van der Waals surface area contributed by atoms with Gasteiger partial charge in [-0.25, -0.2) is 8.42 Å². The van der Waals surface area contributed by atoms with Gasteiger partial charge in [-0.2, -0.15) is 9.40 Å². The van der Waals surface area contributed by atoms with E-state index >= 15 is 0 Å². The Hall–Kier alpha value is -2.99. The molecule has 3 rings (SSSR count). The molecule has 156 valence electrons. The fraction of sp³-hybridized carbons (Fsp3) is 0.412. The largest absolute Gasteiger partial charge is 0.477 e. The first-order valence-electron chi connectivity index (χ1n) is 8.90. The van der Waals surface area contributed by atoms with Crippen molar-refractivity contribution in [3.05, 3.63) is 40.1 Å². The maximum atomic E-state index is 12.6. The van der Waals surface area contributed by atoms with Crippen LogP contribution in [0.15, 0.2) is 29.2 Å². The standard InChI is InChI=1S/C17H21N5O6S/c1-12-9-16(20(2)19-12)18-17(23)11-28-15-6-5-13(10-14(15)22(24)25)29(26,27)21-7-3-4-8-21/h5-6,9-10H,3-4,7-8,11H2,1-2H3,(H,18,23). The van der Waals surface area contributed by atoms with E-state index < -0.39 is 33.1 Å². The van der Waals surface area contributed by atoms with Crippen molar-refractivity contribution in [3.63, 3.8) is 0 Å². The molecule has 2 aromatic rings. The first-order valence-corrected chi connectivity index (χ1v) is 10.3. The lowest BCUT2D eigenvalue weighted by molar-refractivity contribution is -0.386. The Morgan fingerprint density at radius 2 is 2.00 bits per heavy atom. The molecule has 1 amide bonds. The van der Waals surface area contributed by atoms with Gasteiger partial charge in [-0.1, -0.05) is 0 Å². The molecule has 0 radical (unpaired) electrons. The van der Waals surface area contributed by atoms with E-state index in [2.05, 4.69) is 10.4 Å². The van der Waals surface area contributed by atoms with Gasteiger partial charge in [0.05, 0.1) is 15.5 Å². The SMILES string of the molecule is Cc1cc(NC(=O)COc2ccc(S(=O)(=O)N3CCCC3)cc2[N+](=O)[O-])n(C)n1. The summed E-state index contributed by atoms with van der Waals surface area (Å²) in [5, 5.41) is 18.1. The highest BCUT2D eigenvalue weighted by molar-refractivity contribution is 7.89. The number of nitrogens with zero attached hydrogens (tertiary/aromatic N) is 4. The van der Waals surface area contributed by atoms with Crippen molar-refractivity contribution in [3.8, 4) is 5.75 Å². The van der Waals surface area contributed by atoms with Crippen LogP contribution >= 0.6 is 0 Å². The van der Waals surface area contributed by atoms with Crippen LogP contribution in [0.5, 0.6) is 5.75 Å². The third-order valence-corrected chi connectivity index (χ3v) is 6.35. The molecule has 2 heterocycles. The van der Waals surface area contributed by atoms with Crippen molar-refractivity contribution < 1.29 is 22.9 Å². The number of ether oxygens (including phenoxy) is 1. The molecule has 1 aliphatic heterocycles. The molecule has 0 spiro atoms. The van der Waals surface area contributed by atoms with Crippen molar-refractivity contribution in [2.24, 2.45) is 7.05 Å². The van der Waals surface area contributed by atoms with Crippen LogP contribution in [0.3, 0.4) is 0 Å². The van der Waals surface area contributed by atoms with Gasteiger partial charge in [-0.05, 0) is 31.9 Å². The summed E-state index contributed by atoms with van der Waals surface area (Å²) in [6.07, 6.45) is 1.52. The number of carbonyl (C=O) groups is 1. The highest BCUT2D eigenvalue weighted by Gasteiger charge is 2.30. The Morgan fingerprint density at radius 1 is 1.31 bits per heavy atom. The summed E-state index contributed by atoms with van der Waals surface area (Å²) in [6, 6.07) is 5.07. The normalized spacial score (nSPS) is 14.7. The predicted molar refractivity (Wildman–Crippen MR) is 103 cm³/mol. The second-order valence-electron chi connectivity index (χ2n) is 6.63. The molecule has 12 heteroatoms. The molecule has 1 aromatic heterocycles. The number of hydrogen-bond acceptors (Lipinski definition) is 7. The Bertz CT molecular complexity index is 1040. The van der Waals surface area contributed by atoms with E-state index in [0.29, 0.717) is 24.6 Å². The minimum Gasteiger partial charge on any atom is -0.477 e. The van der Waals surface area contributed by atoms with E-state index in [-0.39, 0.29) is 10.6 Å². The van der Waals surface area contributed by atoms with Crippen molar-refractivity contribution in [1.82, 2.24) is 14.1 Å². The van der Waals surface area contributed by atoms with Gasteiger partial charge in [0.25, 0.3) is 5.91 Å². The van der Waals surface area contributed by atoms with Crippen molar-refractivity contribution >= 4 is 27.4 Å². The monoisotopic (exact) mass is 423 g/mol. The zero-order chi connectivity index (χ0) is 21.2. The first-order chi connectivity index (χ1) is 13.7. The molecule has 1 N–H and O–H groups in total. The van der Waals surface area contributed by atoms with Crippen molar-refractivity contribution in [2.45, 2.75) is 24.7 Å². The molecular formula is C17H21N5O6S. The summed E-state index contributed by atoms with van der Waals surface area (Å²) in [5.74, 6) is -0.263. The van der Waals surface area contributed by atoms with Crippen LogP contribution in [0, 0.1) is 17.0 Å². The quantitative estimate of drug-likeness (QED) is 0.525. The zero-order valence-electron chi connectivity index (χ0n) is 16.0. The van der Waals surface area contributed by atoms with Gasteiger partial charge < -0.3 is 10.1 Å². The van der Waals surface area contributed by atoms with E-state index in [1.54, 1.807) is 20.0 Å². The molecule has 0 unspecified atom stereocenters. The molecular weight excluding hydrogens is 402 g/mol. The van der Waals surface area contributed by atoms with Crippen molar-refractivity contribution in [2.75, 3.05) is 25.0 Å². The number of anilines is 1. The molecule has 11 nitrogen and oxygen atoms in total. The number of nitro groups is 1. The number of rotatable bonds is 7. The number of carbonyl (C=O) groups excluding carboxylic acids is 1. The maximum Gasteiger partial charge on any atom is 0.312 e.